The molecule has 0 saturated heterocycles. The molecule has 0 spiro atoms. The smallest absolute Gasteiger partial charge is 0.291 e. The van der Waals surface area contributed by atoms with Gasteiger partial charge in [0.15, 0.2) is 5.78 Å². The third-order valence-electron chi connectivity index (χ3n) is 9.24. The number of benzene rings is 4. The minimum absolute atomic E-state index is 0.0405. The van der Waals surface area contributed by atoms with E-state index in [9.17, 15) is 22.6 Å². The average molecular weight is 651 g/mol. The highest BCUT2D eigenvalue weighted by atomic mass is 32.2. The number of nitrogens with two attached hydrogens (primary N) is 1. The van der Waals surface area contributed by atoms with Crippen molar-refractivity contribution < 1.29 is 27.0 Å². The summed E-state index contributed by atoms with van der Waals surface area (Å²) in [5.74, 6) is -0.382. The molecule has 1 fully saturated rings. The van der Waals surface area contributed by atoms with E-state index in [1.54, 1.807) is 12.1 Å². The van der Waals surface area contributed by atoms with Crippen LogP contribution in [0.5, 0.6) is 0 Å². The van der Waals surface area contributed by atoms with Crippen LogP contribution in [0.1, 0.15) is 77.9 Å². The topological polar surface area (TPSA) is 140 Å². The zero-order chi connectivity index (χ0) is 33.2. The van der Waals surface area contributed by atoms with Crippen molar-refractivity contribution in [3.8, 4) is 11.3 Å². The van der Waals surface area contributed by atoms with Crippen LogP contribution in [-0.4, -0.2) is 29.5 Å². The maximum Gasteiger partial charge on any atom is 0.291 e. The molecule has 1 aromatic heterocycles. The number of ketones is 1. The van der Waals surface area contributed by atoms with E-state index in [-0.39, 0.29) is 11.5 Å². The van der Waals surface area contributed by atoms with Gasteiger partial charge in [-0.25, -0.2) is 0 Å². The lowest BCUT2D eigenvalue weighted by Crippen LogP contribution is -2.51. The van der Waals surface area contributed by atoms with Crippen LogP contribution in [-0.2, 0) is 21.3 Å². The minimum atomic E-state index is -4.82. The minimum Gasteiger partial charge on any atom is -0.456 e. The largest absolute Gasteiger partial charge is 0.456 e. The van der Waals surface area contributed by atoms with Gasteiger partial charge < -0.3 is 15.5 Å². The van der Waals surface area contributed by atoms with Gasteiger partial charge in [0.05, 0.1) is 5.92 Å². The molecule has 9 heteroatoms. The van der Waals surface area contributed by atoms with Crippen LogP contribution in [0.3, 0.4) is 0 Å². The second-order valence-corrected chi connectivity index (χ2v) is 14.4. The number of para-hydroxylation sites is 1. The van der Waals surface area contributed by atoms with Crippen LogP contribution >= 0.6 is 0 Å². The van der Waals surface area contributed by atoms with Gasteiger partial charge in [-0.15, -0.1) is 0 Å². The van der Waals surface area contributed by atoms with Crippen LogP contribution in [0.15, 0.2) is 108 Å². The van der Waals surface area contributed by atoms with Crippen molar-refractivity contribution in [3.63, 3.8) is 0 Å². The van der Waals surface area contributed by atoms with Gasteiger partial charge >= 0.3 is 0 Å². The molecule has 47 heavy (non-hydrogen) atoms. The lowest BCUT2D eigenvalue weighted by Gasteiger charge is -2.23. The Hall–Kier alpha value is -4.57. The third-order valence-corrected chi connectivity index (χ3v) is 10.5. The van der Waals surface area contributed by atoms with Crippen molar-refractivity contribution in [2.75, 3.05) is 5.32 Å². The van der Waals surface area contributed by atoms with E-state index in [4.69, 9.17) is 10.2 Å². The summed E-state index contributed by atoms with van der Waals surface area (Å²) >= 11 is 0. The summed E-state index contributed by atoms with van der Waals surface area (Å²) in [6.45, 7) is 0.957. The second-order valence-electron chi connectivity index (χ2n) is 12.6. The summed E-state index contributed by atoms with van der Waals surface area (Å²) in [5, 5.41) is 4.09. The first-order valence-electron chi connectivity index (χ1n) is 15.9. The molecule has 1 amide bonds. The van der Waals surface area contributed by atoms with E-state index >= 15 is 0 Å². The third kappa shape index (κ3) is 7.07. The Morgan fingerprint density at radius 3 is 2.21 bits per heavy atom. The molecule has 2 unspecified atom stereocenters. The number of amides is 1. The Labute approximate surface area is 274 Å². The number of furan rings is 1. The molecule has 0 aliphatic heterocycles. The van der Waals surface area contributed by atoms with Gasteiger partial charge in [-0.2, -0.15) is 8.42 Å². The fourth-order valence-electron chi connectivity index (χ4n) is 6.30. The van der Waals surface area contributed by atoms with E-state index in [1.807, 2.05) is 66.7 Å². The van der Waals surface area contributed by atoms with Crippen LogP contribution in [0, 0.1) is 0 Å². The number of fused-ring (bicyclic) bond motifs is 1. The van der Waals surface area contributed by atoms with Crippen molar-refractivity contribution in [2.45, 2.75) is 62.2 Å². The van der Waals surface area contributed by atoms with Gasteiger partial charge in [-0.05, 0) is 85.2 Å². The molecular formula is C38H38N2O6S. The SMILES string of the molecule is CC(N)(C(=O)c1ccc(CC(C(=O)Nc2ccc(-c3cc4ccccc4o3)cc2)c2ccc(C3CCCCC3)cc2)cc1)S(=O)(=O)O. The Kier molecular flexibility index (Phi) is 9.14. The number of carbonyl (C=O) groups is 2. The summed E-state index contributed by atoms with van der Waals surface area (Å²) in [7, 11) is -4.82. The van der Waals surface area contributed by atoms with Crippen molar-refractivity contribution in [3.05, 3.63) is 125 Å². The number of rotatable bonds is 10. The number of hydrogen-bond acceptors (Lipinski definition) is 6. The van der Waals surface area contributed by atoms with Crippen molar-refractivity contribution >= 4 is 38.5 Å². The van der Waals surface area contributed by atoms with Crippen LogP contribution in [0.25, 0.3) is 22.3 Å². The van der Waals surface area contributed by atoms with Crippen LogP contribution < -0.4 is 11.1 Å². The van der Waals surface area contributed by atoms with E-state index in [1.165, 1.54) is 49.8 Å². The van der Waals surface area contributed by atoms with Gasteiger partial charge in [0, 0.05) is 22.2 Å². The molecule has 242 valence electrons. The fourth-order valence-corrected chi connectivity index (χ4v) is 6.65. The molecule has 0 radical (unpaired) electrons. The zero-order valence-electron chi connectivity index (χ0n) is 26.2. The first kappa shape index (κ1) is 32.4. The molecule has 1 aliphatic rings. The summed E-state index contributed by atoms with van der Waals surface area (Å²) < 4.78 is 38.8. The zero-order valence-corrected chi connectivity index (χ0v) is 27.0. The predicted molar refractivity (Wildman–Crippen MR) is 184 cm³/mol. The molecule has 5 aromatic rings. The molecule has 1 aliphatic carbocycles. The van der Waals surface area contributed by atoms with E-state index in [2.05, 4.69) is 17.4 Å². The molecule has 4 N–H and O–H groups in total. The normalized spacial score (nSPS) is 16.0. The summed E-state index contributed by atoms with van der Waals surface area (Å²) in [4.78, 5) is 24.2. The second kappa shape index (κ2) is 13.3. The maximum absolute atomic E-state index is 13.9. The van der Waals surface area contributed by atoms with Gasteiger partial charge in [0.2, 0.25) is 10.8 Å². The number of anilines is 1. The van der Waals surface area contributed by atoms with E-state index < -0.39 is 26.7 Å². The first-order chi connectivity index (χ1) is 22.5. The number of hydrogen-bond donors (Lipinski definition) is 3. The molecule has 1 heterocycles. The standard InChI is InChI=1S/C38H38N2O6S/c1-38(39,47(43,44)45)36(41)30-13-11-25(12-14-30)23-33(28-17-15-27(16-18-28)26-7-3-2-4-8-26)37(42)40-32-21-19-29(20-22-32)35-24-31-9-5-6-10-34(31)46-35/h5-6,9-22,24,26,33H,2-4,7-8,23,39H2,1H3,(H,40,42)(H,43,44,45). The lowest BCUT2D eigenvalue weighted by molar-refractivity contribution is -0.117. The van der Waals surface area contributed by atoms with Gasteiger partial charge in [0.1, 0.15) is 11.3 Å². The summed E-state index contributed by atoms with van der Waals surface area (Å²) in [6, 6.07) is 31.9. The molecule has 6 rings (SSSR count). The molecule has 1 saturated carbocycles. The fraction of sp³-hybridized carbons (Fsp3) is 0.263. The lowest BCUT2D eigenvalue weighted by atomic mass is 9.83. The number of nitrogens with one attached hydrogen (secondary N) is 1. The van der Waals surface area contributed by atoms with Gasteiger partial charge in [-0.3, -0.25) is 14.1 Å². The van der Waals surface area contributed by atoms with Crippen molar-refractivity contribution in [1.29, 1.82) is 0 Å². The highest BCUT2D eigenvalue weighted by molar-refractivity contribution is 7.88. The quantitative estimate of drug-likeness (QED) is 0.103. The van der Waals surface area contributed by atoms with Gasteiger partial charge in [0.25, 0.3) is 10.1 Å². The highest BCUT2D eigenvalue weighted by Gasteiger charge is 2.42. The number of carbonyl (C=O) groups excluding carboxylic acids is 2. The van der Waals surface area contributed by atoms with Crippen LogP contribution in [0.4, 0.5) is 5.69 Å². The molecule has 2 atom stereocenters. The summed E-state index contributed by atoms with van der Waals surface area (Å²) in [6.07, 6.45) is 6.44. The predicted octanol–water partition coefficient (Wildman–Crippen LogP) is 7.86. The molecule has 0 bridgehead atoms. The molecule has 8 nitrogen and oxygen atoms in total. The number of Topliss-reactive ketones (excluding diaryl/α,β-unsaturated/α-hetero) is 1. The molecular weight excluding hydrogens is 612 g/mol. The monoisotopic (exact) mass is 650 g/mol. The van der Waals surface area contributed by atoms with E-state index in [0.717, 1.165) is 40.3 Å². The molecule has 4 aromatic carbocycles. The van der Waals surface area contributed by atoms with Gasteiger partial charge in [-0.1, -0.05) is 86.0 Å². The average Bonchev–Trinajstić information content (AvgIpc) is 3.52. The van der Waals surface area contributed by atoms with E-state index in [0.29, 0.717) is 18.0 Å². The van der Waals surface area contributed by atoms with Crippen molar-refractivity contribution in [2.24, 2.45) is 5.73 Å². The van der Waals surface area contributed by atoms with Crippen molar-refractivity contribution in [1.82, 2.24) is 0 Å². The highest BCUT2D eigenvalue weighted by Crippen LogP contribution is 2.34. The Morgan fingerprint density at radius 2 is 1.57 bits per heavy atom. The maximum atomic E-state index is 13.9. The summed E-state index contributed by atoms with van der Waals surface area (Å²) in [5.41, 5.74) is 11.0. The van der Waals surface area contributed by atoms with Crippen LogP contribution in [0.2, 0.25) is 0 Å². The Bertz CT molecular complexity index is 1960. The Morgan fingerprint density at radius 1 is 0.915 bits per heavy atom. The Balaban J connectivity index is 1.23. The first-order valence-corrected chi connectivity index (χ1v) is 17.3.